The molecule has 9 nitrogen and oxygen atoms in total. The van der Waals surface area contributed by atoms with Gasteiger partial charge in [0, 0.05) is 27.6 Å². The molecule has 38 heavy (non-hydrogen) atoms. The first-order valence-electron chi connectivity index (χ1n) is 11.7. The average molecular weight is 642 g/mol. The topological polar surface area (TPSA) is 102 Å². The lowest BCUT2D eigenvalue weighted by Gasteiger charge is -2.32. The first-order valence-corrected chi connectivity index (χ1v) is 14.7. The number of imidazole rings is 1. The normalized spacial score (nSPS) is 22.0. The van der Waals surface area contributed by atoms with Crippen molar-refractivity contribution in [2.45, 2.75) is 30.3 Å². The number of ether oxygens (including phenoxy) is 1. The minimum Gasteiger partial charge on any atom is -0.469 e. The van der Waals surface area contributed by atoms with Crippen molar-refractivity contribution in [3.63, 3.8) is 0 Å². The minimum absolute atomic E-state index is 0.0217. The second-order valence-electron chi connectivity index (χ2n) is 9.30. The van der Waals surface area contributed by atoms with Gasteiger partial charge in [0.15, 0.2) is 10.6 Å². The number of piperidine rings is 1. The zero-order chi connectivity index (χ0) is 27.4. The number of fused-ring (bicyclic) bond motifs is 1. The average Bonchev–Trinajstić information content (AvgIpc) is 3.42. The summed E-state index contributed by atoms with van der Waals surface area (Å²) >= 11 is 15.9. The Labute approximate surface area is 238 Å². The summed E-state index contributed by atoms with van der Waals surface area (Å²) in [6.45, 7) is 1.86. The number of amides is 1. The third-order valence-corrected chi connectivity index (χ3v) is 9.81. The van der Waals surface area contributed by atoms with Gasteiger partial charge in [-0.15, -0.1) is 0 Å². The van der Waals surface area contributed by atoms with Gasteiger partial charge in [0.1, 0.15) is 0 Å². The summed E-state index contributed by atoms with van der Waals surface area (Å²) < 4.78 is 36.4. The van der Waals surface area contributed by atoms with Crippen molar-refractivity contribution in [2.75, 3.05) is 25.1 Å². The first kappa shape index (κ1) is 27.1. The lowest BCUT2D eigenvalue weighted by molar-refractivity contribution is -0.146. The highest BCUT2D eigenvalue weighted by molar-refractivity contribution is 9.10. The smallest absolute Gasteiger partial charge is 0.309 e. The van der Waals surface area contributed by atoms with E-state index in [1.807, 2.05) is 0 Å². The largest absolute Gasteiger partial charge is 0.469 e. The van der Waals surface area contributed by atoms with Crippen LogP contribution in [0.15, 0.2) is 58.2 Å². The highest BCUT2D eigenvalue weighted by Crippen LogP contribution is 2.46. The molecule has 200 valence electrons. The fraction of sp³-hybridized carbons (Fsp3) is 0.320. The highest BCUT2D eigenvalue weighted by Gasteiger charge is 2.53. The second-order valence-corrected chi connectivity index (χ2v) is 13.0. The number of hydrogen-bond acceptors (Lipinski definition) is 6. The standard InChI is InChI=1S/C25H23BrCl2N4O5S/c1-25(16-5-7-17(26)8-6-16)23(34)31(20-11-18(27)10-19(28)12-20)24-29-13-21(32(24)25)38(35,36)30-9-3-4-15(14-30)22(33)37-2/h5-8,10-13,15H,3-4,9,14H2,1-2H3/t15?,25-/m1/s1. The maximum absolute atomic E-state index is 14.2. The van der Waals surface area contributed by atoms with E-state index in [0.717, 1.165) is 4.47 Å². The van der Waals surface area contributed by atoms with E-state index < -0.39 is 33.4 Å². The molecule has 1 amide bonds. The molecule has 2 aliphatic rings. The van der Waals surface area contributed by atoms with E-state index in [2.05, 4.69) is 20.9 Å². The number of sulfonamides is 1. The van der Waals surface area contributed by atoms with Gasteiger partial charge in [-0.2, -0.15) is 4.31 Å². The maximum Gasteiger partial charge on any atom is 0.309 e. The zero-order valence-electron chi connectivity index (χ0n) is 20.4. The molecule has 2 atom stereocenters. The van der Waals surface area contributed by atoms with E-state index in [1.165, 1.54) is 33.1 Å². The molecule has 1 saturated heterocycles. The third kappa shape index (κ3) is 4.34. The number of carbonyl (C=O) groups is 2. The Morgan fingerprint density at radius 2 is 1.82 bits per heavy atom. The minimum atomic E-state index is -4.17. The molecule has 0 N–H and O–H groups in total. The number of nitrogens with zero attached hydrogens (tertiary/aromatic N) is 4. The van der Waals surface area contributed by atoms with Crippen LogP contribution in [0, 0.1) is 5.92 Å². The summed E-state index contributed by atoms with van der Waals surface area (Å²) in [4.78, 5) is 32.1. The zero-order valence-corrected chi connectivity index (χ0v) is 24.3. The molecule has 2 aromatic carbocycles. The van der Waals surface area contributed by atoms with Crippen LogP contribution in [0.2, 0.25) is 10.0 Å². The summed E-state index contributed by atoms with van der Waals surface area (Å²) in [6, 6.07) is 11.7. The molecule has 0 spiro atoms. The summed E-state index contributed by atoms with van der Waals surface area (Å²) in [5.74, 6) is -1.35. The van der Waals surface area contributed by atoms with Crippen LogP contribution in [-0.4, -0.2) is 54.3 Å². The number of anilines is 2. The van der Waals surface area contributed by atoms with Gasteiger partial charge in [0.05, 0.1) is 24.9 Å². The highest BCUT2D eigenvalue weighted by atomic mass is 79.9. The predicted octanol–water partition coefficient (Wildman–Crippen LogP) is 4.97. The van der Waals surface area contributed by atoms with Gasteiger partial charge in [-0.05, 0) is 55.7 Å². The predicted molar refractivity (Wildman–Crippen MR) is 146 cm³/mol. The van der Waals surface area contributed by atoms with Crippen molar-refractivity contribution in [2.24, 2.45) is 5.92 Å². The molecule has 3 heterocycles. The van der Waals surface area contributed by atoms with Crippen molar-refractivity contribution in [1.29, 1.82) is 0 Å². The van der Waals surface area contributed by atoms with Crippen molar-refractivity contribution >= 4 is 72.7 Å². The SMILES string of the molecule is COC(=O)C1CCCN(S(=O)(=O)c2cnc3n2[C@](C)(c2ccc(Br)cc2)C(=O)N3c2cc(Cl)cc(Cl)c2)C1. The number of hydrogen-bond donors (Lipinski definition) is 0. The van der Waals surface area contributed by atoms with E-state index in [0.29, 0.717) is 34.1 Å². The Morgan fingerprint density at radius 3 is 2.45 bits per heavy atom. The lowest BCUT2D eigenvalue weighted by atomic mass is 9.91. The van der Waals surface area contributed by atoms with E-state index in [9.17, 15) is 18.0 Å². The van der Waals surface area contributed by atoms with Crippen LogP contribution in [0.1, 0.15) is 25.3 Å². The molecule has 0 bridgehead atoms. The molecule has 0 radical (unpaired) electrons. The Bertz CT molecular complexity index is 1530. The molecular weight excluding hydrogens is 619 g/mol. The molecule has 1 fully saturated rings. The molecule has 0 aliphatic carbocycles. The fourth-order valence-corrected chi connectivity index (χ4v) is 7.54. The van der Waals surface area contributed by atoms with Gasteiger partial charge < -0.3 is 4.74 Å². The molecule has 1 unspecified atom stereocenters. The second kappa shape index (κ2) is 9.95. The van der Waals surface area contributed by atoms with Crippen molar-refractivity contribution in [1.82, 2.24) is 13.9 Å². The van der Waals surface area contributed by atoms with Crippen molar-refractivity contribution in [3.05, 3.63) is 68.7 Å². The number of benzene rings is 2. The van der Waals surface area contributed by atoms with E-state index in [4.69, 9.17) is 27.9 Å². The van der Waals surface area contributed by atoms with E-state index >= 15 is 0 Å². The quantitative estimate of drug-likeness (QED) is 0.365. The summed E-state index contributed by atoms with van der Waals surface area (Å²) in [5.41, 5.74) is -0.558. The van der Waals surface area contributed by atoms with Crippen LogP contribution in [0.3, 0.4) is 0 Å². The van der Waals surface area contributed by atoms with Gasteiger partial charge in [-0.3, -0.25) is 14.2 Å². The fourth-order valence-electron chi connectivity index (χ4n) is 5.07. The molecule has 0 saturated carbocycles. The van der Waals surface area contributed by atoms with Crippen LogP contribution < -0.4 is 4.90 Å². The Morgan fingerprint density at radius 1 is 1.16 bits per heavy atom. The molecule has 1 aromatic heterocycles. The molecule has 5 rings (SSSR count). The number of rotatable bonds is 5. The lowest BCUT2D eigenvalue weighted by Crippen LogP contribution is -2.45. The van der Waals surface area contributed by atoms with Crippen LogP contribution in [0.25, 0.3) is 0 Å². The molecular formula is C25H23BrCl2N4O5S. The van der Waals surface area contributed by atoms with Crippen LogP contribution in [0.4, 0.5) is 11.6 Å². The number of esters is 1. The van der Waals surface area contributed by atoms with Crippen LogP contribution >= 0.6 is 39.1 Å². The van der Waals surface area contributed by atoms with Gasteiger partial charge in [0.2, 0.25) is 5.95 Å². The first-order chi connectivity index (χ1) is 18.0. The Hall–Kier alpha value is -2.44. The molecule has 3 aromatic rings. The third-order valence-electron chi connectivity index (χ3n) is 7.01. The Balaban J connectivity index is 1.69. The van der Waals surface area contributed by atoms with Gasteiger partial charge in [-0.25, -0.2) is 18.3 Å². The number of carbonyl (C=O) groups excluding carboxylic acids is 2. The van der Waals surface area contributed by atoms with Gasteiger partial charge in [-0.1, -0.05) is 51.3 Å². The summed E-state index contributed by atoms with van der Waals surface area (Å²) in [6.07, 6.45) is 2.27. The maximum atomic E-state index is 14.2. The number of halogens is 3. The summed E-state index contributed by atoms with van der Waals surface area (Å²) in [5, 5.41) is 0.462. The van der Waals surface area contributed by atoms with Crippen molar-refractivity contribution < 1.29 is 22.7 Å². The van der Waals surface area contributed by atoms with Gasteiger partial charge in [0.25, 0.3) is 15.9 Å². The van der Waals surface area contributed by atoms with Crippen molar-refractivity contribution in [3.8, 4) is 0 Å². The van der Waals surface area contributed by atoms with E-state index in [1.54, 1.807) is 43.3 Å². The van der Waals surface area contributed by atoms with Crippen LogP contribution in [-0.2, 0) is 29.9 Å². The van der Waals surface area contributed by atoms with Crippen LogP contribution in [0.5, 0.6) is 0 Å². The summed E-state index contributed by atoms with van der Waals surface area (Å²) in [7, 11) is -2.88. The van der Waals surface area contributed by atoms with E-state index in [-0.39, 0.29) is 24.1 Å². The molecule has 2 aliphatic heterocycles. The molecule has 13 heteroatoms. The number of aromatic nitrogens is 2. The number of methoxy groups -OCH3 is 1. The van der Waals surface area contributed by atoms with Gasteiger partial charge >= 0.3 is 5.97 Å². The monoisotopic (exact) mass is 640 g/mol. The Kier molecular flexibility index (Phi) is 7.10.